The molecular weight excluding hydrogens is 200 g/mol. The van der Waals surface area contributed by atoms with Gasteiger partial charge in [-0.25, -0.2) is 0 Å². The molecular formula is C13H28N2O. The van der Waals surface area contributed by atoms with Crippen molar-refractivity contribution in [1.29, 1.82) is 0 Å². The van der Waals surface area contributed by atoms with Crippen LogP contribution in [0.4, 0.5) is 0 Å². The van der Waals surface area contributed by atoms with Crippen molar-refractivity contribution in [2.24, 2.45) is 11.1 Å². The zero-order valence-electron chi connectivity index (χ0n) is 11.2. The molecule has 0 aromatic rings. The van der Waals surface area contributed by atoms with Crippen molar-refractivity contribution in [3.63, 3.8) is 0 Å². The average molecular weight is 228 g/mol. The van der Waals surface area contributed by atoms with Crippen molar-refractivity contribution in [2.75, 3.05) is 13.1 Å². The van der Waals surface area contributed by atoms with Crippen molar-refractivity contribution in [2.45, 2.75) is 65.1 Å². The molecule has 2 unspecified atom stereocenters. The van der Waals surface area contributed by atoms with E-state index in [0.717, 1.165) is 32.4 Å². The maximum absolute atomic E-state index is 9.55. The van der Waals surface area contributed by atoms with Crippen molar-refractivity contribution in [3.05, 3.63) is 0 Å². The smallest absolute Gasteiger partial charge is 0.0564 e. The second kappa shape index (κ2) is 5.48. The van der Waals surface area contributed by atoms with Crippen LogP contribution in [0.1, 0.15) is 47.0 Å². The van der Waals surface area contributed by atoms with Gasteiger partial charge in [0.2, 0.25) is 0 Å². The highest BCUT2D eigenvalue weighted by atomic mass is 16.3. The Morgan fingerprint density at radius 1 is 1.31 bits per heavy atom. The maximum atomic E-state index is 9.55. The lowest BCUT2D eigenvalue weighted by molar-refractivity contribution is 0.0156. The molecule has 2 atom stereocenters. The molecule has 0 aromatic heterocycles. The Morgan fingerprint density at radius 2 is 1.81 bits per heavy atom. The van der Waals surface area contributed by atoms with Crippen LogP contribution in [0.25, 0.3) is 0 Å². The second-order valence-corrected chi connectivity index (χ2v) is 6.15. The first kappa shape index (κ1) is 13.9. The number of hydrogen-bond acceptors (Lipinski definition) is 3. The number of rotatable bonds is 3. The van der Waals surface area contributed by atoms with Gasteiger partial charge in [-0.1, -0.05) is 27.7 Å². The van der Waals surface area contributed by atoms with Gasteiger partial charge in [-0.3, -0.25) is 4.90 Å². The Hall–Kier alpha value is -0.120. The highest BCUT2D eigenvalue weighted by Crippen LogP contribution is 2.29. The van der Waals surface area contributed by atoms with Crippen molar-refractivity contribution < 1.29 is 5.11 Å². The molecule has 16 heavy (non-hydrogen) atoms. The van der Waals surface area contributed by atoms with Gasteiger partial charge in [-0.2, -0.15) is 0 Å². The molecule has 1 aliphatic heterocycles. The molecule has 96 valence electrons. The molecule has 0 spiro atoms. The van der Waals surface area contributed by atoms with E-state index in [4.69, 9.17) is 5.73 Å². The zero-order chi connectivity index (χ0) is 12.3. The van der Waals surface area contributed by atoms with Gasteiger partial charge in [0.1, 0.15) is 0 Å². The van der Waals surface area contributed by atoms with Gasteiger partial charge >= 0.3 is 0 Å². The first-order valence-corrected chi connectivity index (χ1v) is 6.54. The number of aliphatic hydroxyl groups is 1. The third-order valence-electron chi connectivity index (χ3n) is 3.66. The normalized spacial score (nSPS) is 24.4. The predicted molar refractivity (Wildman–Crippen MR) is 68.3 cm³/mol. The van der Waals surface area contributed by atoms with Crippen molar-refractivity contribution >= 4 is 0 Å². The Labute approximate surface area is 100 Å². The summed E-state index contributed by atoms with van der Waals surface area (Å²) in [6.45, 7) is 10.9. The largest absolute Gasteiger partial charge is 0.393 e. The van der Waals surface area contributed by atoms with Crippen LogP contribution in [0.3, 0.4) is 0 Å². The highest BCUT2D eigenvalue weighted by Gasteiger charge is 2.35. The number of piperidine rings is 1. The van der Waals surface area contributed by atoms with E-state index < -0.39 is 0 Å². The molecule has 0 saturated carbocycles. The highest BCUT2D eigenvalue weighted by molar-refractivity contribution is 4.92. The maximum Gasteiger partial charge on any atom is 0.0564 e. The van der Waals surface area contributed by atoms with E-state index in [0.29, 0.717) is 6.04 Å². The molecule has 1 fully saturated rings. The molecule has 1 saturated heterocycles. The molecule has 0 bridgehead atoms. The Bertz CT molecular complexity index is 204. The number of aliphatic hydroxyl groups excluding tert-OH is 1. The van der Waals surface area contributed by atoms with E-state index in [1.54, 1.807) is 0 Å². The number of likely N-dealkylation sites (tertiary alicyclic amines) is 1. The van der Waals surface area contributed by atoms with Crippen LogP contribution in [0, 0.1) is 5.41 Å². The van der Waals surface area contributed by atoms with Crippen LogP contribution >= 0.6 is 0 Å². The molecule has 0 aliphatic carbocycles. The van der Waals surface area contributed by atoms with Crippen LogP contribution in [-0.2, 0) is 0 Å². The van der Waals surface area contributed by atoms with Crippen LogP contribution < -0.4 is 5.73 Å². The summed E-state index contributed by atoms with van der Waals surface area (Å²) in [4.78, 5) is 2.47. The van der Waals surface area contributed by atoms with E-state index in [1.165, 1.54) is 0 Å². The van der Waals surface area contributed by atoms with E-state index in [1.807, 2.05) is 0 Å². The third-order valence-corrected chi connectivity index (χ3v) is 3.66. The summed E-state index contributed by atoms with van der Waals surface area (Å²) in [6.07, 6.45) is 2.70. The fraction of sp³-hybridized carbons (Fsp3) is 1.00. The minimum absolute atomic E-state index is 0.102. The number of hydrogen-bond donors (Lipinski definition) is 2. The van der Waals surface area contributed by atoms with Crippen LogP contribution in [0.15, 0.2) is 0 Å². The van der Waals surface area contributed by atoms with E-state index >= 15 is 0 Å². The summed E-state index contributed by atoms with van der Waals surface area (Å²) in [5.41, 5.74) is 6.47. The van der Waals surface area contributed by atoms with Crippen LogP contribution in [0.5, 0.6) is 0 Å². The summed E-state index contributed by atoms with van der Waals surface area (Å²) in [6, 6.07) is 0.653. The summed E-state index contributed by atoms with van der Waals surface area (Å²) >= 11 is 0. The van der Waals surface area contributed by atoms with Crippen molar-refractivity contribution in [3.8, 4) is 0 Å². The molecule has 1 rings (SSSR count). The summed E-state index contributed by atoms with van der Waals surface area (Å²) in [7, 11) is 0. The summed E-state index contributed by atoms with van der Waals surface area (Å²) < 4.78 is 0. The Morgan fingerprint density at radius 3 is 2.19 bits per heavy atom. The fourth-order valence-corrected chi connectivity index (χ4v) is 2.85. The molecule has 0 radical (unpaired) electrons. The number of nitrogens with zero attached hydrogens (tertiary/aromatic N) is 1. The standard InChI is InChI=1S/C13H28N2O/c1-5-11(14)12(13(2,3)4)15-8-6-10(16)7-9-15/h10-12,16H,5-9,14H2,1-4H3. The Kier molecular flexibility index (Phi) is 4.77. The van der Waals surface area contributed by atoms with Gasteiger partial charge in [0, 0.05) is 25.2 Å². The Balaban J connectivity index is 2.69. The van der Waals surface area contributed by atoms with E-state index in [2.05, 4.69) is 32.6 Å². The summed E-state index contributed by atoms with van der Waals surface area (Å²) in [5, 5.41) is 9.55. The SMILES string of the molecule is CCC(N)C(N1CCC(O)CC1)C(C)(C)C. The minimum Gasteiger partial charge on any atom is -0.393 e. The van der Waals surface area contributed by atoms with Crippen LogP contribution in [-0.4, -0.2) is 41.3 Å². The molecule has 1 heterocycles. The lowest BCUT2D eigenvalue weighted by Gasteiger charge is -2.45. The van der Waals surface area contributed by atoms with Crippen molar-refractivity contribution in [1.82, 2.24) is 4.90 Å². The lowest BCUT2D eigenvalue weighted by Crippen LogP contribution is -2.56. The molecule has 3 nitrogen and oxygen atoms in total. The average Bonchev–Trinajstić information content (AvgIpc) is 2.19. The van der Waals surface area contributed by atoms with Crippen LogP contribution in [0.2, 0.25) is 0 Å². The summed E-state index contributed by atoms with van der Waals surface area (Å²) in [5.74, 6) is 0. The topological polar surface area (TPSA) is 49.5 Å². The monoisotopic (exact) mass is 228 g/mol. The fourth-order valence-electron chi connectivity index (χ4n) is 2.85. The van der Waals surface area contributed by atoms with E-state index in [-0.39, 0.29) is 17.6 Å². The predicted octanol–water partition coefficient (Wildman–Crippen LogP) is 1.60. The lowest BCUT2D eigenvalue weighted by atomic mass is 9.79. The first-order chi connectivity index (χ1) is 7.36. The third kappa shape index (κ3) is 3.44. The molecule has 0 amide bonds. The second-order valence-electron chi connectivity index (χ2n) is 6.15. The molecule has 3 heteroatoms. The van der Waals surface area contributed by atoms with E-state index in [9.17, 15) is 5.11 Å². The van der Waals surface area contributed by atoms with Gasteiger partial charge in [0.15, 0.2) is 0 Å². The molecule has 0 aromatic carbocycles. The van der Waals surface area contributed by atoms with Gasteiger partial charge in [-0.15, -0.1) is 0 Å². The molecule has 3 N–H and O–H groups in total. The number of nitrogens with two attached hydrogens (primary N) is 1. The molecule has 1 aliphatic rings. The van der Waals surface area contributed by atoms with Gasteiger partial charge < -0.3 is 10.8 Å². The van der Waals surface area contributed by atoms with Gasteiger partial charge in [0.05, 0.1) is 6.10 Å². The first-order valence-electron chi connectivity index (χ1n) is 6.54. The minimum atomic E-state index is -0.102. The van der Waals surface area contributed by atoms with Gasteiger partial charge in [0.25, 0.3) is 0 Å². The van der Waals surface area contributed by atoms with Gasteiger partial charge in [-0.05, 0) is 24.7 Å². The quantitative estimate of drug-likeness (QED) is 0.771. The zero-order valence-corrected chi connectivity index (χ0v) is 11.2.